The van der Waals surface area contributed by atoms with Crippen LogP contribution in [0.15, 0.2) is 18.2 Å². The summed E-state index contributed by atoms with van der Waals surface area (Å²) in [5.41, 5.74) is 7.75. The number of aryl methyl sites for hydroxylation is 1. The van der Waals surface area contributed by atoms with Crippen molar-refractivity contribution in [2.24, 2.45) is 5.73 Å². The zero-order chi connectivity index (χ0) is 11.4. The summed E-state index contributed by atoms with van der Waals surface area (Å²) in [5.74, 6) is 0.815. The lowest BCUT2D eigenvalue weighted by Gasteiger charge is -2.16. The van der Waals surface area contributed by atoms with Crippen LogP contribution in [-0.2, 0) is 6.42 Å². The van der Waals surface area contributed by atoms with Gasteiger partial charge in [0.15, 0.2) is 0 Å². The normalized spacial score (nSPS) is 14.7. The maximum Gasteiger partial charge on any atom is 0.122 e. The number of methoxy groups -OCH3 is 1. The van der Waals surface area contributed by atoms with E-state index in [-0.39, 0.29) is 6.04 Å². The number of nitrogens with two attached hydrogens (primary N) is 1. The predicted molar refractivity (Wildman–Crippen MR) is 61.1 cm³/mol. The maximum absolute atomic E-state index is 9.69. The van der Waals surface area contributed by atoms with Gasteiger partial charge < -0.3 is 15.6 Å². The fourth-order valence-electron chi connectivity index (χ4n) is 1.43. The fourth-order valence-corrected chi connectivity index (χ4v) is 1.43. The van der Waals surface area contributed by atoms with E-state index in [9.17, 15) is 5.11 Å². The van der Waals surface area contributed by atoms with Crippen LogP contribution in [0.3, 0.4) is 0 Å². The Bertz CT molecular complexity index is 323. The highest BCUT2D eigenvalue weighted by atomic mass is 16.5. The van der Waals surface area contributed by atoms with E-state index in [4.69, 9.17) is 10.5 Å². The SMILES string of the molecule is COc1cc(C)ccc1CC(O)C(C)N. The molecule has 3 nitrogen and oxygen atoms in total. The third kappa shape index (κ3) is 3.22. The molecule has 1 rings (SSSR count). The molecule has 2 atom stereocenters. The third-order valence-electron chi connectivity index (χ3n) is 2.48. The van der Waals surface area contributed by atoms with Gasteiger partial charge in [-0.1, -0.05) is 12.1 Å². The van der Waals surface area contributed by atoms with Crippen LogP contribution < -0.4 is 10.5 Å². The van der Waals surface area contributed by atoms with Crippen molar-refractivity contribution in [1.29, 1.82) is 0 Å². The van der Waals surface area contributed by atoms with Gasteiger partial charge >= 0.3 is 0 Å². The van der Waals surface area contributed by atoms with E-state index < -0.39 is 6.10 Å². The molecule has 0 aromatic heterocycles. The molecule has 0 aliphatic heterocycles. The Kier molecular flexibility index (Phi) is 4.12. The number of hydrogen-bond acceptors (Lipinski definition) is 3. The third-order valence-corrected chi connectivity index (χ3v) is 2.48. The lowest BCUT2D eigenvalue weighted by atomic mass is 10.0. The van der Waals surface area contributed by atoms with Gasteiger partial charge in [0.2, 0.25) is 0 Å². The lowest BCUT2D eigenvalue weighted by Crippen LogP contribution is -2.33. The van der Waals surface area contributed by atoms with Gasteiger partial charge in [-0.25, -0.2) is 0 Å². The second-order valence-electron chi connectivity index (χ2n) is 3.95. The fraction of sp³-hybridized carbons (Fsp3) is 0.500. The first-order valence-corrected chi connectivity index (χ1v) is 5.11. The van der Waals surface area contributed by atoms with Crippen LogP contribution >= 0.6 is 0 Å². The largest absolute Gasteiger partial charge is 0.496 e. The van der Waals surface area contributed by atoms with Gasteiger partial charge in [0, 0.05) is 12.5 Å². The van der Waals surface area contributed by atoms with Crippen LogP contribution in [0.5, 0.6) is 5.75 Å². The highest BCUT2D eigenvalue weighted by Crippen LogP contribution is 2.21. The summed E-state index contributed by atoms with van der Waals surface area (Å²) >= 11 is 0. The van der Waals surface area contributed by atoms with Gasteiger partial charge in [-0.05, 0) is 31.0 Å². The molecular formula is C12H19NO2. The molecule has 1 aromatic rings. The first-order valence-electron chi connectivity index (χ1n) is 5.11. The molecule has 0 aliphatic rings. The molecule has 0 saturated carbocycles. The van der Waals surface area contributed by atoms with Crippen molar-refractivity contribution in [2.45, 2.75) is 32.4 Å². The van der Waals surface area contributed by atoms with Crippen molar-refractivity contribution >= 4 is 0 Å². The van der Waals surface area contributed by atoms with Crippen molar-refractivity contribution in [3.05, 3.63) is 29.3 Å². The van der Waals surface area contributed by atoms with E-state index in [1.807, 2.05) is 25.1 Å². The van der Waals surface area contributed by atoms with Crippen molar-refractivity contribution in [1.82, 2.24) is 0 Å². The molecule has 0 bridgehead atoms. The van der Waals surface area contributed by atoms with Gasteiger partial charge in [0.1, 0.15) is 5.75 Å². The highest BCUT2D eigenvalue weighted by Gasteiger charge is 2.13. The molecule has 0 fully saturated rings. The van der Waals surface area contributed by atoms with Crippen molar-refractivity contribution < 1.29 is 9.84 Å². The summed E-state index contributed by atoms with van der Waals surface area (Å²) in [6.07, 6.45) is 0.00260. The van der Waals surface area contributed by atoms with E-state index in [1.165, 1.54) is 0 Å². The van der Waals surface area contributed by atoms with Crippen LogP contribution in [0.2, 0.25) is 0 Å². The summed E-state index contributed by atoms with van der Waals surface area (Å²) in [4.78, 5) is 0. The number of aliphatic hydroxyl groups is 1. The summed E-state index contributed by atoms with van der Waals surface area (Å²) in [6.45, 7) is 3.81. The van der Waals surface area contributed by atoms with E-state index in [0.717, 1.165) is 16.9 Å². The van der Waals surface area contributed by atoms with Crippen molar-refractivity contribution in [3.8, 4) is 5.75 Å². The lowest BCUT2D eigenvalue weighted by molar-refractivity contribution is 0.150. The summed E-state index contributed by atoms with van der Waals surface area (Å²) in [6, 6.07) is 5.71. The molecule has 84 valence electrons. The van der Waals surface area contributed by atoms with Gasteiger partial charge in [-0.15, -0.1) is 0 Å². The number of rotatable bonds is 4. The number of hydrogen-bond donors (Lipinski definition) is 2. The monoisotopic (exact) mass is 209 g/mol. The standard InChI is InChI=1S/C12H19NO2/c1-8-4-5-10(12(6-8)15-3)7-11(14)9(2)13/h4-6,9,11,14H,7,13H2,1-3H3. The zero-order valence-electron chi connectivity index (χ0n) is 9.53. The van der Waals surface area contributed by atoms with Gasteiger partial charge in [0.05, 0.1) is 13.2 Å². The van der Waals surface area contributed by atoms with Crippen LogP contribution in [0.4, 0.5) is 0 Å². The Labute approximate surface area is 90.9 Å². The number of benzene rings is 1. The predicted octanol–water partition coefficient (Wildman–Crippen LogP) is 1.25. The molecule has 15 heavy (non-hydrogen) atoms. The van der Waals surface area contributed by atoms with Crippen molar-refractivity contribution in [2.75, 3.05) is 7.11 Å². The molecule has 1 aromatic carbocycles. The van der Waals surface area contributed by atoms with Gasteiger partial charge in [-0.3, -0.25) is 0 Å². The first-order chi connectivity index (χ1) is 7.04. The highest BCUT2D eigenvalue weighted by molar-refractivity contribution is 5.37. The van der Waals surface area contributed by atoms with E-state index in [1.54, 1.807) is 14.0 Å². The smallest absolute Gasteiger partial charge is 0.122 e. The molecule has 0 amide bonds. The van der Waals surface area contributed by atoms with Gasteiger partial charge in [0.25, 0.3) is 0 Å². The minimum absolute atomic E-state index is 0.226. The molecule has 3 N–H and O–H groups in total. The summed E-state index contributed by atoms with van der Waals surface area (Å²) in [5, 5.41) is 9.69. The minimum atomic E-state index is -0.526. The van der Waals surface area contributed by atoms with Crippen LogP contribution in [0, 0.1) is 6.92 Å². The van der Waals surface area contributed by atoms with E-state index >= 15 is 0 Å². The second-order valence-corrected chi connectivity index (χ2v) is 3.95. The Morgan fingerprint density at radius 2 is 2.13 bits per heavy atom. The Morgan fingerprint density at radius 3 is 2.67 bits per heavy atom. The van der Waals surface area contributed by atoms with Crippen molar-refractivity contribution in [3.63, 3.8) is 0 Å². The van der Waals surface area contributed by atoms with Gasteiger partial charge in [-0.2, -0.15) is 0 Å². The molecule has 0 radical (unpaired) electrons. The minimum Gasteiger partial charge on any atom is -0.496 e. The zero-order valence-corrected chi connectivity index (χ0v) is 9.53. The Morgan fingerprint density at radius 1 is 1.47 bits per heavy atom. The van der Waals surface area contributed by atoms with E-state index in [2.05, 4.69) is 0 Å². The first kappa shape index (κ1) is 12.0. The number of aliphatic hydroxyl groups excluding tert-OH is 1. The second kappa shape index (κ2) is 5.14. The molecule has 0 aliphatic carbocycles. The van der Waals surface area contributed by atoms with Crippen LogP contribution in [0.1, 0.15) is 18.1 Å². The Hall–Kier alpha value is -1.06. The topological polar surface area (TPSA) is 55.5 Å². The Balaban J connectivity index is 2.84. The average Bonchev–Trinajstić information content (AvgIpc) is 2.20. The summed E-state index contributed by atoms with van der Waals surface area (Å²) < 4.78 is 5.25. The average molecular weight is 209 g/mol. The quantitative estimate of drug-likeness (QED) is 0.784. The van der Waals surface area contributed by atoms with Crippen LogP contribution in [0.25, 0.3) is 0 Å². The van der Waals surface area contributed by atoms with E-state index in [0.29, 0.717) is 6.42 Å². The molecule has 3 heteroatoms. The van der Waals surface area contributed by atoms with Crippen LogP contribution in [-0.4, -0.2) is 24.4 Å². The molecular weight excluding hydrogens is 190 g/mol. The summed E-state index contributed by atoms with van der Waals surface area (Å²) in [7, 11) is 1.64. The molecule has 2 unspecified atom stereocenters. The maximum atomic E-state index is 9.69. The number of ether oxygens (including phenoxy) is 1. The molecule has 0 spiro atoms. The molecule has 0 heterocycles. The molecule has 0 saturated heterocycles.